The summed E-state index contributed by atoms with van der Waals surface area (Å²) in [6.45, 7) is 4.91. The summed E-state index contributed by atoms with van der Waals surface area (Å²) in [5, 5.41) is 0. The molecule has 4 rings (SSSR count). The topological polar surface area (TPSA) is 74.8 Å². The molecule has 1 fully saturated rings. The summed E-state index contributed by atoms with van der Waals surface area (Å²) >= 11 is 0. The number of sulfonamides is 1. The van der Waals surface area contributed by atoms with Crippen LogP contribution in [-0.4, -0.2) is 44.0 Å². The second kappa shape index (κ2) is 8.55. The third-order valence-corrected chi connectivity index (χ3v) is 8.39. The number of anilines is 1. The monoisotopic (exact) mass is 440 g/mol. The maximum Gasteiger partial charge on any atom is 0.243 e. The molecule has 1 amide bonds. The number of carbonyl (C=O) groups excluding carboxylic acids is 2. The average molecular weight is 441 g/mol. The molecule has 6 nitrogen and oxygen atoms in total. The molecule has 0 radical (unpaired) electrons. The summed E-state index contributed by atoms with van der Waals surface area (Å²) in [4.78, 5) is 26.9. The fraction of sp³-hybridized carbons (Fsp3) is 0.417. The Balaban J connectivity index is 1.47. The molecule has 2 aliphatic heterocycles. The second-order valence-corrected chi connectivity index (χ2v) is 10.4. The number of hydrogen-bond acceptors (Lipinski definition) is 4. The van der Waals surface area contributed by atoms with Gasteiger partial charge in [0, 0.05) is 36.8 Å². The van der Waals surface area contributed by atoms with Gasteiger partial charge in [0.15, 0.2) is 5.78 Å². The van der Waals surface area contributed by atoms with Gasteiger partial charge in [-0.3, -0.25) is 9.59 Å². The minimum Gasteiger partial charge on any atom is -0.312 e. The summed E-state index contributed by atoms with van der Waals surface area (Å²) in [6.07, 6.45) is 1.93. The van der Waals surface area contributed by atoms with Crippen LogP contribution in [0.25, 0.3) is 0 Å². The van der Waals surface area contributed by atoms with Crippen LogP contribution in [0.3, 0.4) is 0 Å². The first-order valence-electron chi connectivity index (χ1n) is 10.8. The van der Waals surface area contributed by atoms with Crippen molar-refractivity contribution >= 4 is 27.4 Å². The number of piperidine rings is 1. The van der Waals surface area contributed by atoms with E-state index in [1.807, 2.05) is 23.1 Å². The quantitative estimate of drug-likeness (QED) is 0.677. The first kappa shape index (κ1) is 21.7. The van der Waals surface area contributed by atoms with Crippen LogP contribution in [0.1, 0.15) is 54.9 Å². The van der Waals surface area contributed by atoms with Crippen molar-refractivity contribution in [2.24, 2.45) is 5.92 Å². The lowest BCUT2D eigenvalue weighted by Gasteiger charge is -2.37. The first-order chi connectivity index (χ1) is 14.8. The molecule has 2 aromatic carbocycles. The number of hydrogen-bond donors (Lipinski definition) is 0. The summed E-state index contributed by atoms with van der Waals surface area (Å²) in [5.41, 5.74) is 2.57. The van der Waals surface area contributed by atoms with Gasteiger partial charge < -0.3 is 4.90 Å². The Bertz CT molecular complexity index is 1100. The van der Waals surface area contributed by atoms with Crippen LogP contribution < -0.4 is 4.90 Å². The number of amides is 1. The lowest BCUT2D eigenvalue weighted by atomic mass is 9.89. The molecular weight excluding hydrogens is 412 g/mol. The Morgan fingerprint density at radius 1 is 0.935 bits per heavy atom. The predicted octanol–water partition coefficient (Wildman–Crippen LogP) is 3.83. The smallest absolute Gasteiger partial charge is 0.243 e. The molecule has 0 spiro atoms. The van der Waals surface area contributed by atoms with E-state index in [0.717, 1.165) is 12.1 Å². The minimum atomic E-state index is -3.69. The van der Waals surface area contributed by atoms with Gasteiger partial charge in [0.2, 0.25) is 15.9 Å². The fourth-order valence-corrected chi connectivity index (χ4v) is 6.08. The molecule has 7 heteroatoms. The van der Waals surface area contributed by atoms with Crippen molar-refractivity contribution in [1.29, 1.82) is 0 Å². The van der Waals surface area contributed by atoms with Gasteiger partial charge in [-0.2, -0.15) is 4.31 Å². The van der Waals surface area contributed by atoms with Crippen LogP contribution in [0.15, 0.2) is 53.4 Å². The summed E-state index contributed by atoms with van der Waals surface area (Å²) in [7, 11) is -3.69. The lowest BCUT2D eigenvalue weighted by molar-refractivity contribution is -0.123. The highest BCUT2D eigenvalue weighted by molar-refractivity contribution is 7.89. The summed E-state index contributed by atoms with van der Waals surface area (Å²) in [6, 6.07) is 14.2. The predicted molar refractivity (Wildman–Crippen MR) is 120 cm³/mol. The molecule has 0 N–H and O–H groups in total. The average Bonchev–Trinajstić information content (AvgIpc) is 2.79. The van der Waals surface area contributed by atoms with Crippen molar-refractivity contribution in [3.8, 4) is 0 Å². The van der Waals surface area contributed by atoms with Crippen molar-refractivity contribution in [1.82, 2.24) is 4.31 Å². The van der Waals surface area contributed by atoms with Crippen LogP contribution in [-0.2, 0) is 14.8 Å². The number of fused-ring (bicyclic) bond motifs is 1. The highest BCUT2D eigenvalue weighted by Crippen LogP contribution is 2.36. The maximum absolute atomic E-state index is 13.3. The number of Topliss-reactive ketones (excluding diaryl/α,β-unsaturated/α-hetero) is 1. The van der Waals surface area contributed by atoms with Crippen LogP contribution in [0, 0.1) is 5.92 Å². The number of nitrogens with zero attached hydrogens (tertiary/aromatic N) is 2. The van der Waals surface area contributed by atoms with Gasteiger partial charge in [-0.15, -0.1) is 0 Å². The zero-order chi connectivity index (χ0) is 22.2. The van der Waals surface area contributed by atoms with E-state index in [-0.39, 0.29) is 22.5 Å². The molecule has 0 aliphatic carbocycles. The molecule has 1 saturated heterocycles. The van der Waals surface area contributed by atoms with Crippen molar-refractivity contribution in [2.45, 2.75) is 43.9 Å². The molecule has 0 bridgehead atoms. The SMILES string of the molecule is CC(=O)c1cccc(S(=O)(=O)N2CCC(C(=O)N3CCC(C)c4ccccc43)CC2)c1. The standard InChI is InChI=1S/C24H28N2O4S/c1-17-10-15-26(23-9-4-3-8-22(17)23)24(28)19-11-13-25(14-12-19)31(29,30)21-7-5-6-20(16-21)18(2)27/h3-9,16-17,19H,10-15H2,1-2H3. The van der Waals surface area contributed by atoms with Gasteiger partial charge in [-0.05, 0) is 55.9 Å². The Kier molecular flexibility index (Phi) is 5.99. The summed E-state index contributed by atoms with van der Waals surface area (Å²) in [5.74, 6) is 0.168. The van der Waals surface area contributed by atoms with E-state index in [9.17, 15) is 18.0 Å². The third kappa shape index (κ3) is 4.16. The molecule has 164 valence electrons. The Labute approximate surface area is 183 Å². The van der Waals surface area contributed by atoms with E-state index in [0.29, 0.717) is 44.0 Å². The van der Waals surface area contributed by atoms with Gasteiger partial charge >= 0.3 is 0 Å². The van der Waals surface area contributed by atoms with Gasteiger partial charge in [-0.1, -0.05) is 37.3 Å². The van der Waals surface area contributed by atoms with E-state index < -0.39 is 10.0 Å². The molecule has 0 saturated carbocycles. The van der Waals surface area contributed by atoms with Gasteiger partial charge in [0.25, 0.3) is 0 Å². The van der Waals surface area contributed by atoms with E-state index >= 15 is 0 Å². The Morgan fingerprint density at radius 3 is 2.35 bits per heavy atom. The highest BCUT2D eigenvalue weighted by Gasteiger charge is 2.36. The van der Waals surface area contributed by atoms with Gasteiger partial charge in [0.05, 0.1) is 4.90 Å². The van der Waals surface area contributed by atoms with Crippen LogP contribution in [0.5, 0.6) is 0 Å². The molecule has 0 aromatic heterocycles. The number of ketones is 1. The fourth-order valence-electron chi connectivity index (χ4n) is 4.57. The van der Waals surface area contributed by atoms with Crippen molar-refractivity contribution < 1.29 is 18.0 Å². The Morgan fingerprint density at radius 2 is 1.65 bits per heavy atom. The van der Waals surface area contributed by atoms with Gasteiger partial charge in [-0.25, -0.2) is 8.42 Å². The molecule has 2 heterocycles. The normalized spacial score (nSPS) is 20.3. The number of rotatable bonds is 4. The van der Waals surface area contributed by atoms with E-state index in [1.165, 1.54) is 28.9 Å². The van der Waals surface area contributed by atoms with Crippen molar-refractivity contribution in [3.63, 3.8) is 0 Å². The Hall–Kier alpha value is -2.51. The first-order valence-corrected chi connectivity index (χ1v) is 12.2. The van der Waals surface area contributed by atoms with Crippen LogP contribution >= 0.6 is 0 Å². The minimum absolute atomic E-state index is 0.0926. The number of carbonyl (C=O) groups is 2. The molecule has 31 heavy (non-hydrogen) atoms. The lowest BCUT2D eigenvalue weighted by Crippen LogP contribution is -2.46. The van der Waals surface area contributed by atoms with E-state index in [4.69, 9.17) is 0 Å². The molecular formula is C24H28N2O4S. The zero-order valence-electron chi connectivity index (χ0n) is 18.0. The molecule has 1 unspecified atom stereocenters. The van der Waals surface area contributed by atoms with Crippen molar-refractivity contribution in [2.75, 3.05) is 24.5 Å². The van der Waals surface area contributed by atoms with Crippen LogP contribution in [0.2, 0.25) is 0 Å². The molecule has 2 aromatic rings. The number of para-hydroxylation sites is 1. The maximum atomic E-state index is 13.3. The third-order valence-electron chi connectivity index (χ3n) is 6.49. The van der Waals surface area contributed by atoms with E-state index in [1.54, 1.807) is 12.1 Å². The van der Waals surface area contributed by atoms with E-state index in [2.05, 4.69) is 13.0 Å². The largest absolute Gasteiger partial charge is 0.312 e. The highest BCUT2D eigenvalue weighted by atomic mass is 32.2. The van der Waals surface area contributed by atoms with Crippen LogP contribution in [0.4, 0.5) is 5.69 Å². The summed E-state index contributed by atoms with van der Waals surface area (Å²) < 4.78 is 27.6. The zero-order valence-corrected chi connectivity index (χ0v) is 18.8. The van der Waals surface area contributed by atoms with Crippen molar-refractivity contribution in [3.05, 3.63) is 59.7 Å². The second-order valence-electron chi connectivity index (χ2n) is 8.50. The number of benzene rings is 2. The van der Waals surface area contributed by atoms with Gasteiger partial charge in [0.1, 0.15) is 0 Å². The molecule has 1 atom stereocenters. The molecule has 2 aliphatic rings.